The zero-order valence-corrected chi connectivity index (χ0v) is 63.6. The third kappa shape index (κ3) is 11.7. The number of benzene rings is 12. The number of para-hydroxylation sites is 6. The zero-order chi connectivity index (χ0) is 75.2. The molecule has 24 rings (SSSR count). The Morgan fingerprint density at radius 1 is 0.226 bits per heavy atom. The van der Waals surface area contributed by atoms with Crippen LogP contribution in [-0.4, -0.2) is 43.6 Å². The molecular formula is C102H60IrN9O3. The van der Waals surface area contributed by atoms with Gasteiger partial charge in [-0.1, -0.05) is 215 Å². The smallest absolute Gasteiger partial charge is 0.501 e. The fourth-order valence-electron chi connectivity index (χ4n) is 16.5. The van der Waals surface area contributed by atoms with Crippen LogP contribution in [0.5, 0.6) is 0 Å². The zero-order valence-electron chi connectivity index (χ0n) is 61.2. The van der Waals surface area contributed by atoms with Crippen molar-refractivity contribution in [1.29, 1.82) is 0 Å². The van der Waals surface area contributed by atoms with Crippen LogP contribution >= 0.6 is 0 Å². The first-order chi connectivity index (χ1) is 56.5. The Bertz CT molecular complexity index is 6950. The monoisotopic (exact) mass is 1650 g/mol. The number of fused-ring (bicyclic) bond motifs is 18. The molecule has 0 atom stereocenters. The van der Waals surface area contributed by atoms with E-state index in [0.29, 0.717) is 0 Å². The minimum absolute atomic E-state index is 0. The van der Waals surface area contributed by atoms with E-state index in [1.807, 2.05) is 110 Å². The van der Waals surface area contributed by atoms with E-state index in [1.165, 1.54) is 65.4 Å². The Morgan fingerprint density at radius 2 is 0.487 bits per heavy atom. The van der Waals surface area contributed by atoms with Gasteiger partial charge in [-0.15, -0.1) is 54.6 Å². The van der Waals surface area contributed by atoms with Crippen LogP contribution < -0.4 is 0 Å². The molecule has 0 radical (unpaired) electrons. The molecule has 540 valence electrons. The van der Waals surface area contributed by atoms with Crippen LogP contribution in [0.3, 0.4) is 0 Å². The topological polar surface area (TPSA) is 132 Å². The van der Waals surface area contributed by atoms with Crippen LogP contribution in [0.15, 0.2) is 378 Å². The number of pyridine rings is 6. The predicted molar refractivity (Wildman–Crippen MR) is 460 cm³/mol. The molecule has 0 aliphatic heterocycles. The van der Waals surface area contributed by atoms with Crippen molar-refractivity contribution in [1.82, 2.24) is 43.6 Å². The summed E-state index contributed by atoms with van der Waals surface area (Å²) < 4.78 is 26.5. The summed E-state index contributed by atoms with van der Waals surface area (Å²) in [4.78, 5) is 26.9. The molecule has 0 aliphatic carbocycles. The fraction of sp³-hybridized carbons (Fsp3) is 0. The van der Waals surface area contributed by atoms with Crippen molar-refractivity contribution in [3.63, 3.8) is 0 Å². The van der Waals surface area contributed by atoms with Crippen LogP contribution in [0.2, 0.25) is 0 Å². The third-order valence-corrected chi connectivity index (χ3v) is 21.8. The predicted octanol–water partition coefficient (Wildman–Crippen LogP) is 25.8. The molecule has 24 aromatic rings. The standard InChI is InChI=1S/3C34H20N3O.Ir/c3*1-3-12-31-25(8-1)26-9-2-4-13-32(26)37(31)24-15-16-27-28-10-5-11-29(34(28)38-33(27)19-24)30-17-14-23(21-36-30)22-7-6-18-35-20-22;/h3*1-10,12-21H;/q3*-1;+3. The summed E-state index contributed by atoms with van der Waals surface area (Å²) in [7, 11) is 0. The summed E-state index contributed by atoms with van der Waals surface area (Å²) in [6, 6.07) is 117. The molecule has 0 saturated heterocycles. The van der Waals surface area contributed by atoms with Gasteiger partial charge in [0.2, 0.25) is 0 Å². The second-order valence-electron chi connectivity index (χ2n) is 28.3. The molecule has 0 bridgehead atoms. The molecule has 12 heterocycles. The summed E-state index contributed by atoms with van der Waals surface area (Å²) in [5, 5.41) is 13.8. The van der Waals surface area contributed by atoms with Gasteiger partial charge in [0.15, 0.2) is 0 Å². The fourth-order valence-corrected chi connectivity index (χ4v) is 16.5. The van der Waals surface area contributed by atoms with Gasteiger partial charge in [0.1, 0.15) is 16.7 Å². The number of nitrogens with zero attached hydrogens (tertiary/aromatic N) is 9. The van der Waals surface area contributed by atoms with E-state index in [9.17, 15) is 0 Å². The summed E-state index contributed by atoms with van der Waals surface area (Å²) in [6.45, 7) is 0. The first kappa shape index (κ1) is 68.1. The second-order valence-corrected chi connectivity index (χ2v) is 28.3. The Balaban J connectivity index is 0.000000108. The molecule has 0 spiro atoms. The molecule has 12 aromatic heterocycles. The number of aromatic nitrogens is 9. The molecule has 0 saturated carbocycles. The number of rotatable bonds is 9. The van der Waals surface area contributed by atoms with Crippen molar-refractivity contribution in [2.75, 3.05) is 0 Å². The van der Waals surface area contributed by atoms with E-state index in [1.54, 1.807) is 18.6 Å². The molecule has 0 N–H and O–H groups in total. The van der Waals surface area contributed by atoms with E-state index in [0.717, 1.165) is 150 Å². The quantitative estimate of drug-likeness (QED) is 0.130. The summed E-state index contributed by atoms with van der Waals surface area (Å²) in [5.41, 5.74) is 26.4. The summed E-state index contributed by atoms with van der Waals surface area (Å²) in [5.74, 6) is 0. The average Bonchev–Trinajstić information content (AvgIpc) is 1.60. The van der Waals surface area contributed by atoms with E-state index in [4.69, 9.17) is 28.2 Å². The van der Waals surface area contributed by atoms with Crippen LogP contribution in [0.1, 0.15) is 0 Å². The Labute approximate surface area is 671 Å². The Morgan fingerprint density at radius 3 is 0.730 bits per heavy atom. The first-order valence-corrected chi connectivity index (χ1v) is 37.7. The maximum Gasteiger partial charge on any atom is 3.00 e. The van der Waals surface area contributed by atoms with Crippen molar-refractivity contribution in [3.05, 3.63) is 383 Å². The van der Waals surface area contributed by atoms with Crippen LogP contribution in [0.25, 0.3) is 215 Å². The van der Waals surface area contributed by atoms with Crippen molar-refractivity contribution in [2.24, 2.45) is 0 Å². The SMILES string of the molecule is [Ir+3].[c-]1ccc2c(oc3cc(-n4c5ccccc5c5ccccc54)ccc32)c1-c1ccc(-c2cccnc2)cn1.[c-]1ccc2c(oc3cc(-n4c5ccccc5c5ccccc54)ccc32)c1-c1ccc(-c2cccnc2)cn1.[c-]1ccc2c(oc3cc(-n4c5ccccc5c5ccccc54)ccc32)c1-c1ccc(-c2cccnc2)cn1. The maximum atomic E-state index is 6.52. The third-order valence-electron chi connectivity index (χ3n) is 21.8. The van der Waals surface area contributed by atoms with Crippen LogP contribution in [0.4, 0.5) is 0 Å². The Hall–Kier alpha value is -15.0. The van der Waals surface area contributed by atoms with E-state index in [2.05, 4.69) is 283 Å². The number of hydrogen-bond acceptors (Lipinski definition) is 9. The molecule has 12 aromatic carbocycles. The molecule has 12 nitrogen and oxygen atoms in total. The van der Waals surface area contributed by atoms with Crippen molar-refractivity contribution >= 4 is 131 Å². The molecule has 0 aliphatic rings. The summed E-state index contributed by atoms with van der Waals surface area (Å²) >= 11 is 0. The molecular weight excluding hydrogens is 1590 g/mol. The molecule has 0 amide bonds. The molecule has 0 fully saturated rings. The van der Waals surface area contributed by atoms with Gasteiger partial charge in [0.25, 0.3) is 0 Å². The second kappa shape index (κ2) is 28.4. The average molecular weight is 1650 g/mol. The van der Waals surface area contributed by atoms with E-state index < -0.39 is 0 Å². The molecule has 0 unspecified atom stereocenters. The minimum atomic E-state index is 0. The van der Waals surface area contributed by atoms with Gasteiger partial charge in [-0.2, -0.15) is 0 Å². The van der Waals surface area contributed by atoms with Gasteiger partial charge in [-0.05, 0) is 107 Å². The molecule has 115 heavy (non-hydrogen) atoms. The van der Waals surface area contributed by atoms with Crippen LogP contribution in [0, 0.1) is 18.2 Å². The summed E-state index contributed by atoms with van der Waals surface area (Å²) in [6.07, 6.45) is 16.5. The van der Waals surface area contributed by atoms with Gasteiger partial charge >= 0.3 is 20.1 Å². The van der Waals surface area contributed by atoms with E-state index in [-0.39, 0.29) is 20.1 Å². The number of furan rings is 3. The van der Waals surface area contributed by atoms with Crippen molar-refractivity contribution in [3.8, 4) is 84.2 Å². The Kier molecular flexibility index (Phi) is 16.8. The number of hydrogen-bond donors (Lipinski definition) is 0. The van der Waals surface area contributed by atoms with Gasteiger partial charge in [0, 0.05) is 156 Å². The van der Waals surface area contributed by atoms with Crippen molar-refractivity contribution in [2.45, 2.75) is 0 Å². The minimum Gasteiger partial charge on any atom is -0.501 e. The maximum absolute atomic E-state index is 6.52. The van der Waals surface area contributed by atoms with Gasteiger partial charge in [-0.3, -0.25) is 15.0 Å². The van der Waals surface area contributed by atoms with Gasteiger partial charge < -0.3 is 41.9 Å². The largest absolute Gasteiger partial charge is 3.00 e. The first-order valence-electron chi connectivity index (χ1n) is 37.7. The normalized spacial score (nSPS) is 11.6. The van der Waals surface area contributed by atoms with E-state index >= 15 is 0 Å². The van der Waals surface area contributed by atoms with Gasteiger partial charge in [-0.25, -0.2) is 0 Å². The van der Waals surface area contributed by atoms with Gasteiger partial charge in [0.05, 0.1) is 49.8 Å². The van der Waals surface area contributed by atoms with Crippen LogP contribution in [-0.2, 0) is 20.1 Å². The molecule has 13 heteroatoms. The van der Waals surface area contributed by atoms with Crippen molar-refractivity contribution < 1.29 is 33.4 Å².